The summed E-state index contributed by atoms with van der Waals surface area (Å²) >= 11 is 0. The van der Waals surface area contributed by atoms with Gasteiger partial charge in [-0.3, -0.25) is 19.4 Å². The summed E-state index contributed by atoms with van der Waals surface area (Å²) < 4.78 is 32.6. The number of carbonyl (C=O) groups excluding carboxylic acids is 1. The van der Waals surface area contributed by atoms with Gasteiger partial charge in [-0.25, -0.2) is 9.97 Å². The maximum atomic E-state index is 12.0. The topological polar surface area (TPSA) is 243 Å². The van der Waals surface area contributed by atoms with Gasteiger partial charge in [0.15, 0.2) is 11.2 Å². The first-order chi connectivity index (χ1) is 24.9. The minimum atomic E-state index is -0.907. The summed E-state index contributed by atoms with van der Waals surface area (Å²) in [4.78, 5) is 48.8. The highest BCUT2D eigenvalue weighted by Gasteiger charge is 2.07. The van der Waals surface area contributed by atoms with Crippen molar-refractivity contribution >= 4 is 40.4 Å². The van der Waals surface area contributed by atoms with E-state index in [1.807, 2.05) is 24.3 Å². The Morgan fingerprint density at radius 2 is 1.39 bits per heavy atom. The number of nitrogens with zero attached hydrogens (tertiary/aromatic N) is 3. The van der Waals surface area contributed by atoms with E-state index < -0.39 is 11.5 Å². The minimum absolute atomic E-state index is 0.00340. The lowest BCUT2D eigenvalue weighted by Crippen LogP contribution is -2.27. The molecule has 51 heavy (non-hydrogen) atoms. The third-order valence-electron chi connectivity index (χ3n) is 6.54. The van der Waals surface area contributed by atoms with Gasteiger partial charge in [-0.05, 0) is 30.7 Å². The molecule has 1 aromatic carbocycles. The standard InChI is InChI=1S/C33H46N8O10/c34-33-40-31-30(32(45)41-33)39-27(24-38-31)23-37-26-7-5-25(6-8-26)35-9-2-11-46-13-15-48-17-19-50-21-22-51-20-18-49-16-14-47-12-10-36-28(42)3-1-4-29(43)44/h5-8,24,35,37H,1,3-4,10-23H2,(H,36,42)(H,43,44)(H3,34,38,40,41,45). The SMILES string of the molecule is Nc1nc2ncc(CNc3ccc(NC#CCOCCOCCOCCOCCOCCOCCNC(=O)CCCC(=O)O)cc3)nc2c(=O)[nH]1. The molecule has 278 valence electrons. The second-order valence-corrected chi connectivity index (χ2v) is 10.6. The molecule has 0 unspecified atom stereocenters. The molecule has 0 atom stereocenters. The van der Waals surface area contributed by atoms with Gasteiger partial charge in [0.25, 0.3) is 5.56 Å². The van der Waals surface area contributed by atoms with Gasteiger partial charge in [0.05, 0.1) is 91.1 Å². The number of carbonyl (C=O) groups is 2. The number of aromatic nitrogens is 4. The number of nitrogens with two attached hydrogens (primary N) is 1. The third-order valence-corrected chi connectivity index (χ3v) is 6.54. The van der Waals surface area contributed by atoms with Crippen LogP contribution in [0, 0.1) is 12.0 Å². The van der Waals surface area contributed by atoms with Crippen LogP contribution in [0.4, 0.5) is 17.3 Å². The van der Waals surface area contributed by atoms with E-state index in [0.717, 1.165) is 11.4 Å². The number of aromatic amines is 1. The highest BCUT2D eigenvalue weighted by molar-refractivity contribution is 5.76. The molecule has 7 N–H and O–H groups in total. The van der Waals surface area contributed by atoms with Crippen LogP contribution in [0.25, 0.3) is 11.2 Å². The van der Waals surface area contributed by atoms with Gasteiger partial charge in [0.2, 0.25) is 11.9 Å². The number of fused-ring (bicyclic) bond motifs is 1. The monoisotopic (exact) mass is 714 g/mol. The van der Waals surface area contributed by atoms with Crippen molar-refractivity contribution in [1.82, 2.24) is 25.3 Å². The van der Waals surface area contributed by atoms with Crippen molar-refractivity contribution in [2.75, 3.05) is 102 Å². The second-order valence-electron chi connectivity index (χ2n) is 10.6. The molecule has 2 aromatic heterocycles. The molecular weight excluding hydrogens is 668 g/mol. The molecule has 3 aromatic rings. The lowest BCUT2D eigenvalue weighted by atomic mass is 10.2. The van der Waals surface area contributed by atoms with Crippen LogP contribution < -0.4 is 27.2 Å². The molecule has 0 fully saturated rings. The van der Waals surface area contributed by atoms with Gasteiger partial charge in [0, 0.05) is 36.8 Å². The number of nitrogen functional groups attached to an aromatic ring is 1. The Morgan fingerprint density at radius 3 is 2.02 bits per heavy atom. The van der Waals surface area contributed by atoms with Crippen molar-refractivity contribution in [2.45, 2.75) is 25.8 Å². The summed E-state index contributed by atoms with van der Waals surface area (Å²) in [7, 11) is 0. The molecule has 0 spiro atoms. The molecule has 18 heteroatoms. The molecular formula is C33H46N8O10. The van der Waals surface area contributed by atoms with Gasteiger partial charge in [-0.1, -0.05) is 5.92 Å². The van der Waals surface area contributed by atoms with Gasteiger partial charge in [-0.15, -0.1) is 0 Å². The van der Waals surface area contributed by atoms with Gasteiger partial charge < -0.3 is 55.2 Å². The van der Waals surface area contributed by atoms with E-state index in [1.165, 1.54) is 0 Å². The average molecular weight is 715 g/mol. The number of nitrogens with one attached hydrogen (secondary N) is 4. The van der Waals surface area contributed by atoms with Crippen LogP contribution in [0.1, 0.15) is 25.0 Å². The fraction of sp³-hybridized carbons (Fsp3) is 0.515. The van der Waals surface area contributed by atoms with Gasteiger partial charge in [0.1, 0.15) is 6.61 Å². The summed E-state index contributed by atoms with van der Waals surface area (Å²) in [6.45, 7) is 5.69. The number of hydrogen-bond acceptors (Lipinski definition) is 15. The summed E-state index contributed by atoms with van der Waals surface area (Å²) in [6.07, 6.45) is 2.04. The largest absolute Gasteiger partial charge is 0.481 e. The third kappa shape index (κ3) is 18.6. The number of carboxylic acids is 1. The minimum Gasteiger partial charge on any atom is -0.481 e. The zero-order chi connectivity index (χ0) is 36.4. The number of hydrogen-bond donors (Lipinski definition) is 6. The smallest absolute Gasteiger partial charge is 0.303 e. The van der Waals surface area contributed by atoms with E-state index in [2.05, 4.69) is 47.9 Å². The Hall–Kier alpha value is -4.90. The first kappa shape index (κ1) is 40.5. The number of rotatable bonds is 27. The summed E-state index contributed by atoms with van der Waals surface area (Å²) in [5, 5.41) is 17.5. The molecule has 0 aliphatic carbocycles. The highest BCUT2D eigenvalue weighted by atomic mass is 16.6. The Morgan fingerprint density at radius 1 is 0.804 bits per heavy atom. The predicted octanol–water partition coefficient (Wildman–Crippen LogP) is 0.751. The lowest BCUT2D eigenvalue weighted by molar-refractivity contribution is -0.137. The number of carboxylic acid groups (broad SMARTS) is 1. The van der Waals surface area contributed by atoms with Crippen LogP contribution in [-0.2, 0) is 44.6 Å². The molecule has 0 saturated heterocycles. The van der Waals surface area contributed by atoms with E-state index >= 15 is 0 Å². The Kier molecular flexibility index (Phi) is 20.0. The van der Waals surface area contributed by atoms with Crippen LogP contribution >= 0.6 is 0 Å². The number of H-pyrrole nitrogens is 1. The van der Waals surface area contributed by atoms with Crippen molar-refractivity contribution in [3.8, 4) is 12.0 Å². The van der Waals surface area contributed by atoms with Crippen molar-refractivity contribution < 1.29 is 43.1 Å². The van der Waals surface area contributed by atoms with Crippen molar-refractivity contribution in [2.24, 2.45) is 0 Å². The lowest BCUT2D eigenvalue weighted by Gasteiger charge is -2.08. The number of amides is 1. The van der Waals surface area contributed by atoms with Crippen LogP contribution in [0.15, 0.2) is 35.3 Å². The maximum Gasteiger partial charge on any atom is 0.303 e. The predicted molar refractivity (Wildman–Crippen MR) is 187 cm³/mol. The highest BCUT2D eigenvalue weighted by Crippen LogP contribution is 2.14. The van der Waals surface area contributed by atoms with E-state index in [1.54, 1.807) is 6.20 Å². The van der Waals surface area contributed by atoms with Crippen molar-refractivity contribution in [3.05, 3.63) is 46.5 Å². The van der Waals surface area contributed by atoms with E-state index in [-0.39, 0.29) is 42.5 Å². The Balaban J connectivity index is 1.05. The summed E-state index contributed by atoms with van der Waals surface area (Å²) in [6, 6.07) is 10.4. The molecule has 0 aliphatic heterocycles. The van der Waals surface area contributed by atoms with Crippen LogP contribution in [0.5, 0.6) is 0 Å². The first-order valence-corrected chi connectivity index (χ1v) is 16.4. The van der Waals surface area contributed by atoms with E-state index in [9.17, 15) is 14.4 Å². The van der Waals surface area contributed by atoms with Crippen LogP contribution in [0.3, 0.4) is 0 Å². The molecule has 0 bridgehead atoms. The molecule has 18 nitrogen and oxygen atoms in total. The number of aliphatic carboxylic acids is 1. The fourth-order valence-corrected chi connectivity index (χ4v) is 4.05. The zero-order valence-corrected chi connectivity index (χ0v) is 28.4. The molecule has 0 radical (unpaired) electrons. The number of anilines is 3. The van der Waals surface area contributed by atoms with Crippen molar-refractivity contribution in [1.29, 1.82) is 0 Å². The molecule has 3 rings (SSSR count). The molecule has 0 aliphatic rings. The zero-order valence-electron chi connectivity index (χ0n) is 28.4. The van der Waals surface area contributed by atoms with Gasteiger partial charge >= 0.3 is 5.97 Å². The van der Waals surface area contributed by atoms with Gasteiger partial charge in [-0.2, -0.15) is 4.98 Å². The Bertz CT molecular complexity index is 1580. The fourth-order valence-electron chi connectivity index (χ4n) is 4.05. The van der Waals surface area contributed by atoms with Crippen LogP contribution in [-0.4, -0.2) is 123 Å². The maximum absolute atomic E-state index is 12.0. The van der Waals surface area contributed by atoms with Crippen LogP contribution in [0.2, 0.25) is 0 Å². The average Bonchev–Trinajstić information content (AvgIpc) is 3.11. The summed E-state index contributed by atoms with van der Waals surface area (Å²) in [5.74, 6) is 1.80. The van der Waals surface area contributed by atoms with Crippen molar-refractivity contribution in [3.63, 3.8) is 0 Å². The normalized spacial score (nSPS) is 10.8. The van der Waals surface area contributed by atoms with E-state index in [4.69, 9.17) is 39.3 Å². The molecule has 0 saturated carbocycles. The molecule has 2 heterocycles. The molecule has 1 amide bonds. The second kappa shape index (κ2) is 25.1. The Labute approximate surface area is 295 Å². The van der Waals surface area contributed by atoms with E-state index in [0.29, 0.717) is 97.9 Å². The first-order valence-electron chi connectivity index (χ1n) is 16.4. The quantitative estimate of drug-likeness (QED) is 0.0362. The summed E-state index contributed by atoms with van der Waals surface area (Å²) in [5.41, 5.74) is 7.70. The number of ether oxygens (including phenoxy) is 6. The number of benzene rings is 1.